The molecule has 2 atom stereocenters. The smallest absolute Gasteiger partial charge is 0.242 e. The molecule has 4 nitrogen and oxygen atoms in total. The SMILES string of the molecule is CC[C@H](C)NC(=O)[C@@H](C)N(CCc1ccccc1)C(=O)Cc1ccc(Cl)cc1. The highest BCUT2D eigenvalue weighted by Gasteiger charge is 2.26. The molecule has 5 heteroatoms. The highest BCUT2D eigenvalue weighted by Crippen LogP contribution is 2.13. The van der Waals surface area contributed by atoms with Crippen LogP contribution in [0.1, 0.15) is 38.3 Å². The summed E-state index contributed by atoms with van der Waals surface area (Å²) in [5, 5.41) is 3.62. The fraction of sp³-hybridized carbons (Fsp3) is 0.391. The van der Waals surface area contributed by atoms with Crippen molar-refractivity contribution in [2.75, 3.05) is 6.54 Å². The minimum atomic E-state index is -0.530. The number of amides is 2. The second-order valence-corrected chi connectivity index (χ2v) is 7.56. The van der Waals surface area contributed by atoms with Crippen LogP contribution in [0.2, 0.25) is 5.02 Å². The molecule has 0 unspecified atom stereocenters. The minimum absolute atomic E-state index is 0.0648. The van der Waals surface area contributed by atoms with Crippen molar-refractivity contribution in [3.63, 3.8) is 0 Å². The van der Waals surface area contributed by atoms with Gasteiger partial charge < -0.3 is 10.2 Å². The number of carbonyl (C=O) groups is 2. The average molecular weight is 401 g/mol. The molecule has 0 aliphatic rings. The van der Waals surface area contributed by atoms with E-state index < -0.39 is 6.04 Å². The molecule has 0 aliphatic heterocycles. The number of nitrogens with zero attached hydrogens (tertiary/aromatic N) is 1. The van der Waals surface area contributed by atoms with E-state index in [1.807, 2.05) is 56.3 Å². The van der Waals surface area contributed by atoms with Crippen molar-refractivity contribution in [1.29, 1.82) is 0 Å². The van der Waals surface area contributed by atoms with Gasteiger partial charge in [-0.15, -0.1) is 0 Å². The molecule has 1 N–H and O–H groups in total. The lowest BCUT2D eigenvalue weighted by molar-refractivity contribution is -0.139. The second kappa shape index (κ2) is 10.9. The van der Waals surface area contributed by atoms with Gasteiger partial charge in [-0.2, -0.15) is 0 Å². The highest BCUT2D eigenvalue weighted by molar-refractivity contribution is 6.30. The van der Waals surface area contributed by atoms with Crippen LogP contribution < -0.4 is 5.32 Å². The molecule has 2 amide bonds. The van der Waals surface area contributed by atoms with Crippen molar-refractivity contribution in [2.24, 2.45) is 0 Å². The summed E-state index contributed by atoms with van der Waals surface area (Å²) in [6.07, 6.45) is 1.79. The lowest BCUT2D eigenvalue weighted by Crippen LogP contribution is -2.50. The fourth-order valence-electron chi connectivity index (χ4n) is 2.91. The zero-order valence-electron chi connectivity index (χ0n) is 16.8. The molecular formula is C23H29ClN2O2. The standard InChI is InChI=1S/C23H29ClN2O2/c1-4-17(2)25-23(28)18(3)26(15-14-19-8-6-5-7-9-19)22(27)16-20-10-12-21(24)13-11-20/h5-13,17-18H,4,14-16H2,1-3H3,(H,25,28)/t17-,18+/m0/s1. The van der Waals surface area contributed by atoms with Gasteiger partial charge in [-0.05, 0) is 49.9 Å². The van der Waals surface area contributed by atoms with Crippen molar-refractivity contribution in [3.05, 3.63) is 70.7 Å². The maximum atomic E-state index is 13.0. The first-order chi connectivity index (χ1) is 13.4. The van der Waals surface area contributed by atoms with Gasteiger partial charge in [0.2, 0.25) is 11.8 Å². The van der Waals surface area contributed by atoms with Gasteiger partial charge in [0, 0.05) is 17.6 Å². The molecule has 0 bridgehead atoms. The molecule has 2 aromatic carbocycles. The first-order valence-electron chi connectivity index (χ1n) is 9.79. The van der Waals surface area contributed by atoms with Crippen molar-refractivity contribution in [1.82, 2.24) is 10.2 Å². The average Bonchev–Trinajstić information content (AvgIpc) is 2.70. The molecule has 0 saturated carbocycles. The zero-order valence-corrected chi connectivity index (χ0v) is 17.6. The number of halogens is 1. The molecule has 0 aromatic heterocycles. The summed E-state index contributed by atoms with van der Waals surface area (Å²) >= 11 is 5.93. The molecule has 0 radical (unpaired) electrons. The molecule has 28 heavy (non-hydrogen) atoms. The monoisotopic (exact) mass is 400 g/mol. The summed E-state index contributed by atoms with van der Waals surface area (Å²) in [5.74, 6) is -0.183. The van der Waals surface area contributed by atoms with Crippen LogP contribution in [0.25, 0.3) is 0 Å². The molecule has 0 heterocycles. The van der Waals surface area contributed by atoms with Gasteiger partial charge in [-0.3, -0.25) is 9.59 Å². The summed E-state index contributed by atoms with van der Waals surface area (Å²) in [6, 6.07) is 16.8. The quantitative estimate of drug-likeness (QED) is 0.683. The first-order valence-corrected chi connectivity index (χ1v) is 10.2. The molecule has 0 fully saturated rings. The Balaban J connectivity index is 2.12. The largest absolute Gasteiger partial charge is 0.352 e. The molecule has 0 saturated heterocycles. The Bertz CT molecular complexity index is 762. The van der Waals surface area contributed by atoms with Gasteiger partial charge in [0.05, 0.1) is 6.42 Å². The maximum Gasteiger partial charge on any atom is 0.242 e. The summed E-state index contributed by atoms with van der Waals surface area (Å²) in [5.41, 5.74) is 2.02. The molecule has 0 spiro atoms. The first kappa shape index (κ1) is 22.0. The van der Waals surface area contributed by atoms with E-state index in [0.29, 0.717) is 18.0 Å². The van der Waals surface area contributed by atoms with Crippen molar-refractivity contribution < 1.29 is 9.59 Å². The van der Waals surface area contributed by atoms with Crippen LogP contribution in [-0.2, 0) is 22.4 Å². The normalized spacial score (nSPS) is 12.9. The Kier molecular flexibility index (Phi) is 8.52. The number of hydrogen-bond donors (Lipinski definition) is 1. The van der Waals surface area contributed by atoms with Crippen molar-refractivity contribution >= 4 is 23.4 Å². The Labute approximate surface area is 172 Å². The lowest BCUT2D eigenvalue weighted by atomic mass is 10.1. The van der Waals surface area contributed by atoms with Crippen LogP contribution in [0.3, 0.4) is 0 Å². The van der Waals surface area contributed by atoms with E-state index in [9.17, 15) is 9.59 Å². The van der Waals surface area contributed by atoms with Crippen LogP contribution in [0.4, 0.5) is 0 Å². The van der Waals surface area contributed by atoms with E-state index >= 15 is 0 Å². The number of benzene rings is 2. The minimum Gasteiger partial charge on any atom is -0.352 e. The summed E-state index contributed by atoms with van der Waals surface area (Å²) in [4.78, 5) is 27.4. The predicted molar refractivity (Wildman–Crippen MR) is 114 cm³/mol. The van der Waals surface area contributed by atoms with Gasteiger partial charge in [0.15, 0.2) is 0 Å². The van der Waals surface area contributed by atoms with Crippen molar-refractivity contribution in [3.8, 4) is 0 Å². The third-order valence-electron chi connectivity index (χ3n) is 4.92. The van der Waals surface area contributed by atoms with E-state index in [2.05, 4.69) is 5.32 Å². The molecule has 150 valence electrons. The summed E-state index contributed by atoms with van der Waals surface area (Å²) in [6.45, 7) is 6.27. The highest BCUT2D eigenvalue weighted by atomic mass is 35.5. The topological polar surface area (TPSA) is 49.4 Å². The van der Waals surface area contributed by atoms with E-state index in [4.69, 9.17) is 11.6 Å². The summed E-state index contributed by atoms with van der Waals surface area (Å²) in [7, 11) is 0. The Morgan fingerprint density at radius 3 is 2.25 bits per heavy atom. The van der Waals surface area contributed by atoms with Crippen LogP contribution in [0.15, 0.2) is 54.6 Å². The molecule has 2 aromatic rings. The van der Waals surface area contributed by atoms with Crippen LogP contribution >= 0.6 is 11.6 Å². The van der Waals surface area contributed by atoms with Crippen LogP contribution in [0.5, 0.6) is 0 Å². The molecular weight excluding hydrogens is 372 g/mol. The maximum absolute atomic E-state index is 13.0. The van der Waals surface area contributed by atoms with Gasteiger partial charge in [0.1, 0.15) is 6.04 Å². The van der Waals surface area contributed by atoms with E-state index in [1.165, 1.54) is 0 Å². The third kappa shape index (κ3) is 6.68. The van der Waals surface area contributed by atoms with Gasteiger partial charge >= 0.3 is 0 Å². The fourth-order valence-corrected chi connectivity index (χ4v) is 3.04. The van der Waals surface area contributed by atoms with Crippen LogP contribution in [0, 0.1) is 0 Å². The Morgan fingerprint density at radius 2 is 1.64 bits per heavy atom. The Hall–Kier alpha value is -2.33. The van der Waals surface area contributed by atoms with E-state index in [0.717, 1.165) is 17.5 Å². The van der Waals surface area contributed by atoms with Gasteiger partial charge in [-0.1, -0.05) is 61.0 Å². The third-order valence-corrected chi connectivity index (χ3v) is 5.17. The zero-order chi connectivity index (χ0) is 20.5. The van der Waals surface area contributed by atoms with E-state index in [1.54, 1.807) is 24.0 Å². The number of carbonyl (C=O) groups excluding carboxylic acids is 2. The number of rotatable bonds is 9. The summed E-state index contributed by atoms with van der Waals surface area (Å²) < 4.78 is 0. The van der Waals surface area contributed by atoms with Crippen LogP contribution in [-0.4, -0.2) is 35.3 Å². The van der Waals surface area contributed by atoms with Crippen molar-refractivity contribution in [2.45, 2.75) is 52.1 Å². The van der Waals surface area contributed by atoms with E-state index in [-0.39, 0.29) is 24.3 Å². The lowest BCUT2D eigenvalue weighted by Gasteiger charge is -2.29. The molecule has 0 aliphatic carbocycles. The second-order valence-electron chi connectivity index (χ2n) is 7.12. The number of hydrogen-bond acceptors (Lipinski definition) is 2. The predicted octanol–water partition coefficient (Wildman–Crippen LogP) is 4.26. The Morgan fingerprint density at radius 1 is 1.00 bits per heavy atom. The molecule has 2 rings (SSSR count). The number of nitrogens with one attached hydrogen (secondary N) is 1. The van der Waals surface area contributed by atoms with Gasteiger partial charge in [0.25, 0.3) is 0 Å². The van der Waals surface area contributed by atoms with Gasteiger partial charge in [-0.25, -0.2) is 0 Å².